The Morgan fingerprint density at radius 1 is 1.03 bits per heavy atom. The van der Waals surface area contributed by atoms with Crippen molar-refractivity contribution in [3.05, 3.63) is 71.3 Å². The lowest BCUT2D eigenvalue weighted by molar-refractivity contribution is -0.115. The highest BCUT2D eigenvalue weighted by Crippen LogP contribution is 2.38. The summed E-state index contributed by atoms with van der Waals surface area (Å²) >= 11 is 0. The minimum atomic E-state index is -4.61. The zero-order valence-electron chi connectivity index (χ0n) is 18.5. The van der Waals surface area contributed by atoms with Crippen molar-refractivity contribution >= 4 is 28.7 Å². The first-order chi connectivity index (χ1) is 17.0. The molecule has 0 aliphatic heterocycles. The maximum Gasteiger partial charge on any atom is 0.405 e. The Kier molecular flexibility index (Phi) is 6.35. The number of fused-ring (bicyclic) bond motifs is 1. The monoisotopic (exact) mass is 504 g/mol. The molecule has 4 aromatic rings. The van der Waals surface area contributed by atoms with Crippen LogP contribution in [0.5, 0.6) is 0 Å². The lowest BCUT2D eigenvalue weighted by atomic mass is 9.99. The largest absolute Gasteiger partial charge is 0.437 e. The molecule has 0 bridgehead atoms. The Bertz CT molecular complexity index is 1480. The van der Waals surface area contributed by atoms with E-state index < -0.39 is 41.7 Å². The molecule has 0 saturated heterocycles. The number of rotatable bonds is 6. The highest BCUT2D eigenvalue weighted by atomic mass is 19.4. The quantitative estimate of drug-likeness (QED) is 0.325. The molecular formula is C24H17F5N4O3. The maximum absolute atomic E-state index is 14.1. The van der Waals surface area contributed by atoms with Gasteiger partial charge in [0.2, 0.25) is 5.71 Å². The molecule has 2 amide bonds. The molecule has 4 rings (SSSR count). The number of nitrogens with zero attached hydrogens (tertiary/aromatic N) is 1. The summed E-state index contributed by atoms with van der Waals surface area (Å²) in [4.78, 5) is 28.6. The lowest BCUT2D eigenvalue weighted by Crippen LogP contribution is -2.22. The number of carbonyl (C=O) groups is 2. The molecule has 12 heteroatoms. The van der Waals surface area contributed by atoms with Gasteiger partial charge in [-0.05, 0) is 48.0 Å². The van der Waals surface area contributed by atoms with Gasteiger partial charge < -0.3 is 20.8 Å². The van der Waals surface area contributed by atoms with Crippen molar-refractivity contribution < 1.29 is 36.0 Å². The van der Waals surface area contributed by atoms with Gasteiger partial charge in [0.1, 0.15) is 29.8 Å². The molecule has 0 aliphatic rings. The molecule has 0 fully saturated rings. The highest BCUT2D eigenvalue weighted by Gasteiger charge is 2.29. The number of hydrogen-bond acceptors (Lipinski definition) is 5. The van der Waals surface area contributed by atoms with Crippen LogP contribution >= 0.6 is 0 Å². The van der Waals surface area contributed by atoms with Crippen LogP contribution in [-0.4, -0.2) is 36.6 Å². The summed E-state index contributed by atoms with van der Waals surface area (Å²) in [5.41, 5.74) is 4.98. The normalized spacial score (nSPS) is 11.5. The average molecular weight is 504 g/mol. The van der Waals surface area contributed by atoms with Crippen LogP contribution in [0.4, 0.5) is 27.8 Å². The number of furan rings is 1. The topological polar surface area (TPSA) is 110 Å². The predicted octanol–water partition coefficient (Wildman–Crippen LogP) is 4.87. The molecule has 0 unspecified atom stereocenters. The molecule has 0 radical (unpaired) electrons. The van der Waals surface area contributed by atoms with Gasteiger partial charge in [0.25, 0.3) is 11.8 Å². The molecule has 0 aliphatic carbocycles. The Hall–Kier alpha value is -4.48. The van der Waals surface area contributed by atoms with Gasteiger partial charge in [-0.25, -0.2) is 8.78 Å². The number of anilines is 1. The first-order valence-corrected chi connectivity index (χ1v) is 10.3. The van der Waals surface area contributed by atoms with Gasteiger partial charge in [-0.2, -0.15) is 18.2 Å². The van der Waals surface area contributed by atoms with Gasteiger partial charge in [-0.1, -0.05) is 6.07 Å². The Balaban J connectivity index is 2.00. The highest BCUT2D eigenvalue weighted by molar-refractivity contribution is 6.11. The second kappa shape index (κ2) is 9.29. The second-order valence-corrected chi connectivity index (χ2v) is 7.66. The number of pyridine rings is 1. The van der Waals surface area contributed by atoms with Crippen LogP contribution < -0.4 is 16.4 Å². The summed E-state index contributed by atoms with van der Waals surface area (Å²) < 4.78 is 72.2. The number of hydrogen-bond donors (Lipinski definition) is 3. The zero-order chi connectivity index (χ0) is 26.2. The number of aromatic nitrogens is 1. The van der Waals surface area contributed by atoms with Crippen molar-refractivity contribution in [2.45, 2.75) is 6.18 Å². The van der Waals surface area contributed by atoms with E-state index in [1.807, 2.05) is 0 Å². The van der Waals surface area contributed by atoms with Gasteiger partial charge in [0, 0.05) is 18.2 Å². The third-order valence-electron chi connectivity index (χ3n) is 5.24. The van der Waals surface area contributed by atoms with Crippen LogP contribution in [-0.2, 0) is 0 Å². The number of halogens is 5. The maximum atomic E-state index is 14.1. The molecule has 4 N–H and O–H groups in total. The zero-order valence-corrected chi connectivity index (χ0v) is 18.5. The first-order valence-electron chi connectivity index (χ1n) is 10.3. The summed E-state index contributed by atoms with van der Waals surface area (Å²) in [6, 6.07) is 9.59. The molecule has 2 aromatic carbocycles. The first kappa shape index (κ1) is 24.6. The minimum Gasteiger partial charge on any atom is -0.437 e. The fraction of sp³-hybridized carbons (Fsp3) is 0.125. The van der Waals surface area contributed by atoms with Gasteiger partial charge >= 0.3 is 6.18 Å². The van der Waals surface area contributed by atoms with Gasteiger partial charge in [-0.15, -0.1) is 0 Å². The number of benzene rings is 2. The number of nitrogens with two attached hydrogens (primary N) is 1. The third kappa shape index (κ3) is 4.83. The number of nitrogens with one attached hydrogen (secondary N) is 2. The van der Waals surface area contributed by atoms with Crippen molar-refractivity contribution in [1.29, 1.82) is 0 Å². The second-order valence-electron chi connectivity index (χ2n) is 7.66. The van der Waals surface area contributed by atoms with Crippen molar-refractivity contribution in [3.63, 3.8) is 0 Å². The summed E-state index contributed by atoms with van der Waals surface area (Å²) in [6.45, 7) is -1.46. The fourth-order valence-corrected chi connectivity index (χ4v) is 3.60. The van der Waals surface area contributed by atoms with Crippen LogP contribution in [0.3, 0.4) is 0 Å². The predicted molar refractivity (Wildman–Crippen MR) is 121 cm³/mol. The lowest BCUT2D eigenvalue weighted by Gasteiger charge is -2.14. The van der Waals surface area contributed by atoms with E-state index >= 15 is 0 Å². The van der Waals surface area contributed by atoms with E-state index in [1.54, 1.807) is 0 Å². The Morgan fingerprint density at radius 2 is 1.69 bits per heavy atom. The van der Waals surface area contributed by atoms with Gasteiger partial charge in [-0.3, -0.25) is 9.59 Å². The Labute approximate surface area is 200 Å². The van der Waals surface area contributed by atoms with E-state index in [2.05, 4.69) is 15.6 Å². The van der Waals surface area contributed by atoms with E-state index in [9.17, 15) is 31.5 Å². The molecule has 0 saturated carbocycles. The van der Waals surface area contributed by atoms with Crippen LogP contribution in [0.15, 0.2) is 52.9 Å². The molecular weight excluding hydrogens is 487 g/mol. The minimum absolute atomic E-state index is 0.00698. The molecule has 0 spiro atoms. The van der Waals surface area contributed by atoms with Gasteiger partial charge in [0.15, 0.2) is 0 Å². The number of primary amides is 1. The molecule has 2 aromatic heterocycles. The standard InChI is InChI=1S/C24H17F5N4O3/c1-31-22(35)18-16-9-14(12-4-7-17(26)15(8-12)20(30)34)21(32-10-24(27,28)29)33-23(16)36-19(18)11-2-5-13(25)6-3-11/h2-9H,10H2,1H3,(H2,30,34)(H,31,35)(H,32,33). The van der Waals surface area contributed by atoms with Crippen LogP contribution in [0.2, 0.25) is 0 Å². The summed E-state index contributed by atoms with van der Waals surface area (Å²) in [7, 11) is 1.36. The summed E-state index contributed by atoms with van der Waals surface area (Å²) in [5, 5.41) is 4.74. The fourth-order valence-electron chi connectivity index (χ4n) is 3.60. The van der Waals surface area contributed by atoms with Crippen molar-refractivity contribution in [3.8, 4) is 22.5 Å². The van der Waals surface area contributed by atoms with Crippen LogP contribution in [0.25, 0.3) is 33.6 Å². The molecule has 2 heterocycles. The van der Waals surface area contributed by atoms with Crippen molar-refractivity contribution in [1.82, 2.24) is 10.3 Å². The smallest absolute Gasteiger partial charge is 0.405 e. The number of carbonyl (C=O) groups excluding carboxylic acids is 2. The van der Waals surface area contributed by atoms with E-state index in [-0.39, 0.29) is 39.4 Å². The van der Waals surface area contributed by atoms with E-state index in [0.717, 1.165) is 24.3 Å². The molecule has 7 nitrogen and oxygen atoms in total. The summed E-state index contributed by atoms with van der Waals surface area (Å²) in [6.07, 6.45) is -4.61. The van der Waals surface area contributed by atoms with E-state index in [4.69, 9.17) is 10.2 Å². The molecule has 0 atom stereocenters. The molecule has 186 valence electrons. The van der Waals surface area contributed by atoms with Crippen LogP contribution in [0.1, 0.15) is 20.7 Å². The van der Waals surface area contributed by atoms with E-state index in [1.165, 1.54) is 31.3 Å². The Morgan fingerprint density at radius 3 is 2.31 bits per heavy atom. The van der Waals surface area contributed by atoms with Crippen molar-refractivity contribution in [2.75, 3.05) is 18.9 Å². The number of alkyl halides is 3. The van der Waals surface area contributed by atoms with Crippen LogP contribution in [0, 0.1) is 11.6 Å². The third-order valence-corrected chi connectivity index (χ3v) is 5.24. The number of amides is 2. The van der Waals surface area contributed by atoms with Gasteiger partial charge in [0.05, 0.1) is 16.5 Å². The summed E-state index contributed by atoms with van der Waals surface area (Å²) in [5.74, 6) is -3.43. The SMILES string of the molecule is CNC(=O)c1c(-c2ccc(F)cc2)oc2nc(NCC(F)(F)F)c(-c3ccc(F)c(C(N)=O)c3)cc12. The average Bonchev–Trinajstić information content (AvgIpc) is 3.20. The van der Waals surface area contributed by atoms with Crippen molar-refractivity contribution in [2.24, 2.45) is 5.73 Å². The molecule has 36 heavy (non-hydrogen) atoms. The van der Waals surface area contributed by atoms with E-state index in [0.29, 0.717) is 5.56 Å².